The summed E-state index contributed by atoms with van der Waals surface area (Å²) in [4.78, 5) is 16.1. The Kier molecular flexibility index (Phi) is 6.44. The number of carbonyl (C=O) groups excluding carboxylic acids is 1. The summed E-state index contributed by atoms with van der Waals surface area (Å²) in [6, 6.07) is 9.90. The number of hydrogen-bond donors (Lipinski definition) is 3. The number of nitrogens with zero attached hydrogens (tertiary/aromatic N) is 1. The number of hydrogen-bond acceptors (Lipinski definition) is 2. The van der Waals surface area contributed by atoms with Crippen molar-refractivity contribution in [2.24, 2.45) is 10.4 Å². The third kappa shape index (κ3) is 5.27. The lowest BCUT2D eigenvalue weighted by molar-refractivity contribution is -0.120. The van der Waals surface area contributed by atoms with Gasteiger partial charge in [0.1, 0.15) is 0 Å². The highest BCUT2D eigenvalue weighted by Gasteiger charge is 2.34. The summed E-state index contributed by atoms with van der Waals surface area (Å²) in [7, 11) is 1.73. The standard InChI is InChI=1S/C18H28N4O/c1-3-18(10-7-11-18)14-22-17(19-2)21-13-16(23)20-12-15-8-5-4-6-9-15/h4-6,8-9H,3,7,10-14H2,1-2H3,(H,20,23)(H2,19,21,22). The minimum Gasteiger partial charge on any atom is -0.356 e. The molecule has 0 heterocycles. The Balaban J connectivity index is 1.67. The van der Waals surface area contributed by atoms with E-state index in [4.69, 9.17) is 0 Å². The molecule has 0 atom stereocenters. The van der Waals surface area contributed by atoms with Gasteiger partial charge in [0.05, 0.1) is 6.54 Å². The van der Waals surface area contributed by atoms with Crippen LogP contribution in [-0.4, -0.2) is 32.0 Å². The maximum absolute atomic E-state index is 11.9. The van der Waals surface area contributed by atoms with E-state index in [1.54, 1.807) is 7.05 Å². The monoisotopic (exact) mass is 316 g/mol. The van der Waals surface area contributed by atoms with Crippen LogP contribution in [0.25, 0.3) is 0 Å². The summed E-state index contributed by atoms with van der Waals surface area (Å²) in [6.45, 7) is 3.95. The highest BCUT2D eigenvalue weighted by molar-refractivity contribution is 5.86. The van der Waals surface area contributed by atoms with E-state index in [0.717, 1.165) is 12.1 Å². The van der Waals surface area contributed by atoms with Gasteiger partial charge in [0, 0.05) is 20.1 Å². The van der Waals surface area contributed by atoms with Gasteiger partial charge in [-0.1, -0.05) is 43.7 Å². The van der Waals surface area contributed by atoms with E-state index in [1.807, 2.05) is 30.3 Å². The van der Waals surface area contributed by atoms with Crippen LogP contribution in [0.5, 0.6) is 0 Å². The van der Waals surface area contributed by atoms with E-state index in [9.17, 15) is 4.79 Å². The molecule has 3 N–H and O–H groups in total. The molecule has 1 saturated carbocycles. The maximum atomic E-state index is 11.9. The topological polar surface area (TPSA) is 65.5 Å². The second kappa shape index (κ2) is 8.56. The second-order valence-electron chi connectivity index (χ2n) is 6.25. The molecular weight excluding hydrogens is 288 g/mol. The zero-order valence-electron chi connectivity index (χ0n) is 14.2. The number of guanidine groups is 1. The maximum Gasteiger partial charge on any atom is 0.239 e. The van der Waals surface area contributed by atoms with E-state index in [-0.39, 0.29) is 12.5 Å². The molecule has 1 aliphatic carbocycles. The average Bonchev–Trinajstić information content (AvgIpc) is 2.56. The summed E-state index contributed by atoms with van der Waals surface area (Å²) in [6.07, 6.45) is 5.08. The molecule has 1 fully saturated rings. The molecular formula is C18H28N4O. The van der Waals surface area contributed by atoms with Gasteiger partial charge in [-0.3, -0.25) is 9.79 Å². The van der Waals surface area contributed by atoms with Crippen LogP contribution < -0.4 is 16.0 Å². The molecule has 23 heavy (non-hydrogen) atoms. The van der Waals surface area contributed by atoms with E-state index in [2.05, 4.69) is 27.9 Å². The lowest BCUT2D eigenvalue weighted by Crippen LogP contribution is -2.48. The second-order valence-corrected chi connectivity index (χ2v) is 6.25. The van der Waals surface area contributed by atoms with Crippen LogP contribution in [0.15, 0.2) is 35.3 Å². The Hall–Kier alpha value is -2.04. The van der Waals surface area contributed by atoms with Crippen LogP contribution in [0, 0.1) is 5.41 Å². The van der Waals surface area contributed by atoms with Gasteiger partial charge in [-0.25, -0.2) is 0 Å². The van der Waals surface area contributed by atoms with Crippen molar-refractivity contribution in [2.75, 3.05) is 20.1 Å². The van der Waals surface area contributed by atoms with Gasteiger partial charge in [-0.2, -0.15) is 0 Å². The largest absolute Gasteiger partial charge is 0.356 e. The molecule has 0 aliphatic heterocycles. The van der Waals surface area contributed by atoms with Crippen LogP contribution in [-0.2, 0) is 11.3 Å². The van der Waals surface area contributed by atoms with Gasteiger partial charge in [-0.05, 0) is 30.2 Å². The van der Waals surface area contributed by atoms with Crippen molar-refractivity contribution in [2.45, 2.75) is 39.2 Å². The number of benzene rings is 1. The number of amides is 1. The summed E-state index contributed by atoms with van der Waals surface area (Å²) < 4.78 is 0. The molecule has 1 amide bonds. The van der Waals surface area contributed by atoms with Crippen molar-refractivity contribution in [1.82, 2.24) is 16.0 Å². The van der Waals surface area contributed by atoms with Crippen molar-refractivity contribution in [3.63, 3.8) is 0 Å². The normalized spacial score (nSPS) is 16.3. The van der Waals surface area contributed by atoms with Crippen LogP contribution >= 0.6 is 0 Å². The SMILES string of the molecule is CCC1(CNC(=NC)NCC(=O)NCc2ccccc2)CCC1. The molecule has 1 aromatic rings. The van der Waals surface area contributed by atoms with Gasteiger partial charge in [-0.15, -0.1) is 0 Å². The van der Waals surface area contributed by atoms with Gasteiger partial charge >= 0.3 is 0 Å². The van der Waals surface area contributed by atoms with Gasteiger partial charge in [0.2, 0.25) is 5.91 Å². The highest BCUT2D eigenvalue weighted by atomic mass is 16.1. The molecule has 2 rings (SSSR count). The first-order valence-electron chi connectivity index (χ1n) is 8.42. The van der Waals surface area contributed by atoms with Gasteiger partial charge in [0.25, 0.3) is 0 Å². The third-order valence-electron chi connectivity index (χ3n) is 4.77. The number of rotatable bonds is 7. The fourth-order valence-corrected chi connectivity index (χ4v) is 2.85. The first-order chi connectivity index (χ1) is 11.2. The summed E-state index contributed by atoms with van der Waals surface area (Å²) >= 11 is 0. The highest BCUT2D eigenvalue weighted by Crippen LogP contribution is 2.42. The molecule has 0 unspecified atom stereocenters. The molecule has 126 valence electrons. The molecule has 0 bridgehead atoms. The number of carbonyl (C=O) groups is 1. The third-order valence-corrected chi connectivity index (χ3v) is 4.77. The summed E-state index contributed by atoms with van der Waals surface area (Å²) in [5, 5.41) is 9.33. The van der Waals surface area contributed by atoms with E-state index in [1.165, 1.54) is 25.7 Å². The minimum atomic E-state index is -0.0364. The Bertz CT molecular complexity index is 518. The zero-order valence-corrected chi connectivity index (χ0v) is 14.2. The molecule has 1 aromatic carbocycles. The smallest absolute Gasteiger partial charge is 0.239 e. The Morgan fingerprint density at radius 2 is 1.91 bits per heavy atom. The van der Waals surface area contributed by atoms with Crippen LogP contribution in [0.1, 0.15) is 38.2 Å². The molecule has 0 aromatic heterocycles. The Morgan fingerprint density at radius 3 is 2.48 bits per heavy atom. The van der Waals surface area contributed by atoms with Crippen molar-refractivity contribution in [1.29, 1.82) is 0 Å². The fraction of sp³-hybridized carbons (Fsp3) is 0.556. The lowest BCUT2D eigenvalue weighted by Gasteiger charge is -2.41. The van der Waals surface area contributed by atoms with Crippen molar-refractivity contribution >= 4 is 11.9 Å². The van der Waals surface area contributed by atoms with Crippen LogP contribution in [0.3, 0.4) is 0 Å². The summed E-state index contributed by atoms with van der Waals surface area (Å²) in [5.41, 5.74) is 1.52. The molecule has 0 spiro atoms. The molecule has 0 radical (unpaired) electrons. The van der Waals surface area contributed by atoms with Crippen molar-refractivity contribution in [3.05, 3.63) is 35.9 Å². The first-order valence-corrected chi connectivity index (χ1v) is 8.42. The predicted octanol–water partition coefficient (Wildman–Crippen LogP) is 2.05. The summed E-state index contributed by atoms with van der Waals surface area (Å²) in [5.74, 6) is 0.658. The first kappa shape index (κ1) is 17.3. The average molecular weight is 316 g/mol. The van der Waals surface area contributed by atoms with Gasteiger partial charge < -0.3 is 16.0 Å². The molecule has 5 heteroatoms. The molecule has 1 aliphatic rings. The van der Waals surface area contributed by atoms with E-state index in [0.29, 0.717) is 17.9 Å². The van der Waals surface area contributed by atoms with E-state index < -0.39 is 0 Å². The van der Waals surface area contributed by atoms with E-state index >= 15 is 0 Å². The predicted molar refractivity (Wildman–Crippen MR) is 94.2 cm³/mol. The van der Waals surface area contributed by atoms with Crippen LogP contribution in [0.2, 0.25) is 0 Å². The number of aliphatic imine (C=N–C) groups is 1. The van der Waals surface area contributed by atoms with Crippen molar-refractivity contribution in [3.8, 4) is 0 Å². The zero-order chi connectivity index (χ0) is 16.5. The van der Waals surface area contributed by atoms with Crippen LogP contribution in [0.4, 0.5) is 0 Å². The Morgan fingerprint density at radius 1 is 1.17 bits per heavy atom. The minimum absolute atomic E-state index is 0.0364. The fourth-order valence-electron chi connectivity index (χ4n) is 2.85. The van der Waals surface area contributed by atoms with Crippen molar-refractivity contribution < 1.29 is 4.79 Å². The molecule has 0 saturated heterocycles. The lowest BCUT2D eigenvalue weighted by atomic mass is 9.67. The van der Waals surface area contributed by atoms with Gasteiger partial charge in [0.15, 0.2) is 5.96 Å². The molecule has 5 nitrogen and oxygen atoms in total. The Labute approximate surface area is 139 Å². The number of nitrogens with one attached hydrogen (secondary N) is 3. The quantitative estimate of drug-likeness (QED) is 0.533.